The molecule has 1 fully saturated rings. The summed E-state index contributed by atoms with van der Waals surface area (Å²) in [6.07, 6.45) is 3.34. The number of aliphatic hydroxyl groups is 1. The number of ketones is 1. The van der Waals surface area contributed by atoms with Crippen molar-refractivity contribution in [1.29, 1.82) is 0 Å². The van der Waals surface area contributed by atoms with Gasteiger partial charge in [0.2, 0.25) is 0 Å². The van der Waals surface area contributed by atoms with Gasteiger partial charge in [-0.15, -0.1) is 0 Å². The number of hydrogen-bond acceptors (Lipinski definition) is 3. The number of unbranched alkanes of at least 4 members (excludes halogenated alkanes) is 1. The van der Waals surface area contributed by atoms with Gasteiger partial charge in [0.25, 0.3) is 0 Å². The fourth-order valence-corrected chi connectivity index (χ4v) is 1.89. The molecule has 0 heterocycles. The lowest BCUT2D eigenvalue weighted by Crippen LogP contribution is -2.18. The summed E-state index contributed by atoms with van der Waals surface area (Å²) in [5.74, 6) is 0.668. The molecule has 0 spiro atoms. The summed E-state index contributed by atoms with van der Waals surface area (Å²) < 4.78 is 5.48. The van der Waals surface area contributed by atoms with Crippen molar-refractivity contribution in [2.45, 2.75) is 32.6 Å². The Morgan fingerprint density at radius 1 is 1.43 bits per heavy atom. The molecule has 0 radical (unpaired) electrons. The molecule has 1 rings (SSSR count). The van der Waals surface area contributed by atoms with Crippen molar-refractivity contribution in [1.82, 2.24) is 0 Å². The molecule has 2 atom stereocenters. The van der Waals surface area contributed by atoms with Gasteiger partial charge in [-0.25, -0.2) is 0 Å². The van der Waals surface area contributed by atoms with Crippen LogP contribution >= 0.6 is 0 Å². The molecule has 0 amide bonds. The van der Waals surface area contributed by atoms with E-state index in [9.17, 15) is 4.79 Å². The van der Waals surface area contributed by atoms with Gasteiger partial charge in [0, 0.05) is 26.1 Å². The van der Waals surface area contributed by atoms with E-state index < -0.39 is 0 Å². The molecule has 0 bridgehead atoms. The SMILES string of the molecule is CCCCOC[C@H]1CC(=O)C[C@@H]1CO. The number of ether oxygens (including phenoxy) is 1. The minimum absolute atomic E-state index is 0.119. The molecule has 0 aromatic rings. The van der Waals surface area contributed by atoms with Crippen molar-refractivity contribution in [3.05, 3.63) is 0 Å². The van der Waals surface area contributed by atoms with E-state index in [1.165, 1.54) is 0 Å². The third-order valence-electron chi connectivity index (χ3n) is 2.86. The molecule has 82 valence electrons. The van der Waals surface area contributed by atoms with Crippen LogP contribution in [0.3, 0.4) is 0 Å². The largest absolute Gasteiger partial charge is 0.396 e. The van der Waals surface area contributed by atoms with E-state index in [0.717, 1.165) is 19.4 Å². The molecular weight excluding hydrogens is 180 g/mol. The Labute approximate surface area is 85.5 Å². The van der Waals surface area contributed by atoms with Crippen LogP contribution in [0.25, 0.3) is 0 Å². The normalized spacial score (nSPS) is 27.1. The summed E-state index contributed by atoms with van der Waals surface area (Å²) >= 11 is 0. The number of aliphatic hydroxyl groups excluding tert-OH is 1. The third kappa shape index (κ3) is 3.39. The standard InChI is InChI=1S/C11H20O3/c1-2-3-4-14-8-10-6-11(13)5-9(10)7-12/h9-10,12H,2-8H2,1H3/t9-,10-/m1/s1. The number of carbonyl (C=O) groups excluding carboxylic acids is 1. The molecule has 0 saturated heterocycles. The maximum absolute atomic E-state index is 11.1. The van der Waals surface area contributed by atoms with E-state index in [4.69, 9.17) is 9.84 Å². The van der Waals surface area contributed by atoms with Crippen molar-refractivity contribution in [2.24, 2.45) is 11.8 Å². The van der Waals surface area contributed by atoms with Crippen molar-refractivity contribution in [2.75, 3.05) is 19.8 Å². The second-order valence-electron chi connectivity index (χ2n) is 4.08. The van der Waals surface area contributed by atoms with E-state index in [-0.39, 0.29) is 24.2 Å². The Hall–Kier alpha value is -0.410. The minimum Gasteiger partial charge on any atom is -0.396 e. The van der Waals surface area contributed by atoms with E-state index in [1.807, 2.05) is 0 Å². The second kappa shape index (κ2) is 6.14. The monoisotopic (exact) mass is 200 g/mol. The number of hydrogen-bond donors (Lipinski definition) is 1. The summed E-state index contributed by atoms with van der Waals surface area (Å²) in [6, 6.07) is 0. The van der Waals surface area contributed by atoms with E-state index in [2.05, 4.69) is 6.92 Å². The molecule has 1 N–H and O–H groups in total. The molecule has 1 saturated carbocycles. The third-order valence-corrected chi connectivity index (χ3v) is 2.86. The summed E-state index contributed by atoms with van der Waals surface area (Å²) in [4.78, 5) is 11.1. The molecule has 3 heteroatoms. The molecule has 0 aromatic heterocycles. The van der Waals surface area contributed by atoms with Gasteiger partial charge < -0.3 is 9.84 Å². The average molecular weight is 200 g/mol. The van der Waals surface area contributed by atoms with Gasteiger partial charge in [-0.2, -0.15) is 0 Å². The van der Waals surface area contributed by atoms with E-state index >= 15 is 0 Å². The van der Waals surface area contributed by atoms with Crippen LogP contribution in [0, 0.1) is 11.8 Å². The predicted molar refractivity (Wildman–Crippen MR) is 54.0 cm³/mol. The summed E-state index contributed by atoms with van der Waals surface area (Å²) in [5.41, 5.74) is 0. The fraction of sp³-hybridized carbons (Fsp3) is 0.909. The van der Waals surface area contributed by atoms with Crippen molar-refractivity contribution in [3.8, 4) is 0 Å². The predicted octanol–water partition coefficient (Wildman–Crippen LogP) is 1.39. The first-order valence-electron chi connectivity index (χ1n) is 5.48. The van der Waals surface area contributed by atoms with Gasteiger partial charge in [-0.05, 0) is 18.3 Å². The zero-order chi connectivity index (χ0) is 10.4. The van der Waals surface area contributed by atoms with Gasteiger partial charge in [-0.1, -0.05) is 13.3 Å². The van der Waals surface area contributed by atoms with Gasteiger partial charge >= 0.3 is 0 Å². The highest BCUT2D eigenvalue weighted by atomic mass is 16.5. The zero-order valence-corrected chi connectivity index (χ0v) is 8.87. The van der Waals surface area contributed by atoms with Gasteiger partial charge in [0.15, 0.2) is 0 Å². The molecule has 0 aromatic carbocycles. The van der Waals surface area contributed by atoms with Crippen LogP contribution in [0.2, 0.25) is 0 Å². The summed E-state index contributed by atoms with van der Waals surface area (Å²) in [5, 5.41) is 9.05. The van der Waals surface area contributed by atoms with Crippen LogP contribution in [0.15, 0.2) is 0 Å². The van der Waals surface area contributed by atoms with E-state index in [1.54, 1.807) is 0 Å². The molecule has 0 unspecified atom stereocenters. The Kier molecular flexibility index (Phi) is 5.12. The maximum atomic E-state index is 11.1. The lowest BCUT2D eigenvalue weighted by Gasteiger charge is -2.15. The van der Waals surface area contributed by atoms with Crippen LogP contribution in [0.5, 0.6) is 0 Å². The van der Waals surface area contributed by atoms with Gasteiger partial charge in [-0.3, -0.25) is 4.79 Å². The molecule has 1 aliphatic carbocycles. The Morgan fingerprint density at radius 2 is 2.14 bits per heavy atom. The van der Waals surface area contributed by atoms with Crippen molar-refractivity contribution >= 4 is 5.78 Å². The average Bonchev–Trinajstić information content (AvgIpc) is 2.54. The van der Waals surface area contributed by atoms with Crippen LogP contribution in [0.4, 0.5) is 0 Å². The van der Waals surface area contributed by atoms with Crippen LogP contribution in [-0.4, -0.2) is 30.7 Å². The van der Waals surface area contributed by atoms with Crippen LogP contribution < -0.4 is 0 Å². The Bertz CT molecular complexity index is 179. The zero-order valence-electron chi connectivity index (χ0n) is 8.87. The fourth-order valence-electron chi connectivity index (χ4n) is 1.89. The Morgan fingerprint density at radius 3 is 2.79 bits per heavy atom. The lowest BCUT2D eigenvalue weighted by molar-refractivity contribution is -0.117. The lowest BCUT2D eigenvalue weighted by atomic mass is 9.98. The van der Waals surface area contributed by atoms with Gasteiger partial charge in [0.1, 0.15) is 5.78 Å². The van der Waals surface area contributed by atoms with E-state index in [0.29, 0.717) is 19.4 Å². The minimum atomic E-state index is 0.119. The summed E-state index contributed by atoms with van der Waals surface area (Å²) in [6.45, 7) is 3.66. The second-order valence-corrected chi connectivity index (χ2v) is 4.08. The van der Waals surface area contributed by atoms with Crippen LogP contribution in [0.1, 0.15) is 32.6 Å². The topological polar surface area (TPSA) is 46.5 Å². The van der Waals surface area contributed by atoms with Gasteiger partial charge in [0.05, 0.1) is 6.61 Å². The number of carbonyl (C=O) groups is 1. The first-order valence-corrected chi connectivity index (χ1v) is 5.48. The quantitative estimate of drug-likeness (QED) is 0.659. The van der Waals surface area contributed by atoms with Crippen molar-refractivity contribution < 1.29 is 14.6 Å². The van der Waals surface area contributed by atoms with Crippen molar-refractivity contribution in [3.63, 3.8) is 0 Å². The highest BCUT2D eigenvalue weighted by molar-refractivity contribution is 5.81. The molecule has 3 nitrogen and oxygen atoms in total. The number of rotatable bonds is 6. The first-order chi connectivity index (χ1) is 6.77. The summed E-state index contributed by atoms with van der Waals surface area (Å²) in [7, 11) is 0. The molecule has 1 aliphatic rings. The smallest absolute Gasteiger partial charge is 0.133 e. The van der Waals surface area contributed by atoms with Crippen LogP contribution in [-0.2, 0) is 9.53 Å². The molecule has 0 aliphatic heterocycles. The number of Topliss-reactive ketones (excluding diaryl/α,β-unsaturated/α-hetero) is 1. The maximum Gasteiger partial charge on any atom is 0.133 e. The molecule has 14 heavy (non-hydrogen) atoms. The first kappa shape index (κ1) is 11.7. The highest BCUT2D eigenvalue weighted by Gasteiger charge is 2.32. The highest BCUT2D eigenvalue weighted by Crippen LogP contribution is 2.28. The molecular formula is C11H20O3. The Balaban J connectivity index is 2.19.